The van der Waals surface area contributed by atoms with E-state index in [0.717, 1.165) is 24.2 Å². The van der Waals surface area contributed by atoms with Crippen molar-refractivity contribution in [3.63, 3.8) is 0 Å². The Morgan fingerprint density at radius 3 is 2.79 bits per heavy atom. The molecule has 0 aromatic heterocycles. The van der Waals surface area contributed by atoms with Crippen LogP contribution in [-0.4, -0.2) is 18.0 Å². The highest BCUT2D eigenvalue weighted by Crippen LogP contribution is 2.25. The number of nitro groups is 1. The number of halogens is 1. The SMILES string of the molecule is CC(=Cc1ccc(Cl)c([N+](=O)[O-])c1)CNCC(C)C. The van der Waals surface area contributed by atoms with Gasteiger partial charge in [0.25, 0.3) is 5.69 Å². The van der Waals surface area contributed by atoms with Gasteiger partial charge in [0.05, 0.1) is 4.92 Å². The summed E-state index contributed by atoms with van der Waals surface area (Å²) in [7, 11) is 0. The summed E-state index contributed by atoms with van der Waals surface area (Å²) >= 11 is 5.77. The number of nitro benzene ring substituents is 1. The second kappa shape index (κ2) is 7.26. The smallest absolute Gasteiger partial charge is 0.288 e. The molecule has 104 valence electrons. The molecule has 0 bridgehead atoms. The number of benzene rings is 1. The summed E-state index contributed by atoms with van der Waals surface area (Å²) in [4.78, 5) is 10.3. The molecule has 1 rings (SSSR count). The van der Waals surface area contributed by atoms with Crippen molar-refractivity contribution in [1.29, 1.82) is 0 Å². The monoisotopic (exact) mass is 282 g/mol. The first-order chi connectivity index (χ1) is 8.90. The minimum absolute atomic E-state index is 0.0571. The van der Waals surface area contributed by atoms with E-state index in [9.17, 15) is 10.1 Å². The zero-order valence-electron chi connectivity index (χ0n) is 11.4. The fourth-order valence-corrected chi connectivity index (χ4v) is 1.84. The van der Waals surface area contributed by atoms with Crippen LogP contribution in [0.2, 0.25) is 5.02 Å². The second-order valence-corrected chi connectivity index (χ2v) is 5.39. The van der Waals surface area contributed by atoms with Gasteiger partial charge < -0.3 is 5.32 Å². The van der Waals surface area contributed by atoms with Crippen molar-refractivity contribution in [2.24, 2.45) is 5.92 Å². The Morgan fingerprint density at radius 1 is 1.53 bits per heavy atom. The Hall–Kier alpha value is -1.39. The third kappa shape index (κ3) is 5.41. The van der Waals surface area contributed by atoms with Gasteiger partial charge in [-0.1, -0.05) is 43.2 Å². The Bertz CT molecular complexity index is 484. The second-order valence-electron chi connectivity index (χ2n) is 4.98. The zero-order valence-corrected chi connectivity index (χ0v) is 12.2. The van der Waals surface area contributed by atoms with Crippen LogP contribution in [0.1, 0.15) is 26.3 Å². The van der Waals surface area contributed by atoms with E-state index in [0.29, 0.717) is 5.92 Å². The predicted octanol–water partition coefficient (Wildman–Crippen LogP) is 3.90. The van der Waals surface area contributed by atoms with Crippen molar-refractivity contribution in [2.45, 2.75) is 20.8 Å². The van der Waals surface area contributed by atoms with Gasteiger partial charge in [-0.25, -0.2) is 0 Å². The van der Waals surface area contributed by atoms with Gasteiger partial charge in [0.2, 0.25) is 0 Å². The highest BCUT2D eigenvalue weighted by atomic mass is 35.5. The van der Waals surface area contributed by atoms with Crippen LogP contribution in [0.25, 0.3) is 6.08 Å². The Morgan fingerprint density at radius 2 is 2.21 bits per heavy atom. The Kier molecular flexibility index (Phi) is 5.99. The van der Waals surface area contributed by atoms with E-state index in [4.69, 9.17) is 11.6 Å². The van der Waals surface area contributed by atoms with Crippen molar-refractivity contribution in [3.05, 3.63) is 44.5 Å². The van der Waals surface area contributed by atoms with Gasteiger partial charge in [0.1, 0.15) is 5.02 Å². The quantitative estimate of drug-likeness (QED) is 0.636. The lowest BCUT2D eigenvalue weighted by Crippen LogP contribution is -2.21. The van der Waals surface area contributed by atoms with Crippen LogP contribution in [0.15, 0.2) is 23.8 Å². The van der Waals surface area contributed by atoms with E-state index >= 15 is 0 Å². The molecule has 1 aromatic carbocycles. The van der Waals surface area contributed by atoms with Crippen molar-refractivity contribution in [2.75, 3.05) is 13.1 Å². The molecule has 19 heavy (non-hydrogen) atoms. The number of nitrogens with one attached hydrogen (secondary N) is 1. The molecule has 0 atom stereocenters. The van der Waals surface area contributed by atoms with Gasteiger partial charge in [-0.2, -0.15) is 0 Å². The fraction of sp³-hybridized carbons (Fsp3) is 0.429. The summed E-state index contributed by atoms with van der Waals surface area (Å²) in [5.74, 6) is 0.601. The summed E-state index contributed by atoms with van der Waals surface area (Å²) < 4.78 is 0. The molecule has 5 heteroatoms. The van der Waals surface area contributed by atoms with Crippen molar-refractivity contribution in [1.82, 2.24) is 5.32 Å². The molecule has 0 spiro atoms. The molecule has 0 aliphatic rings. The molecule has 0 saturated heterocycles. The van der Waals surface area contributed by atoms with Gasteiger partial charge in [-0.05, 0) is 31.0 Å². The maximum Gasteiger partial charge on any atom is 0.288 e. The van der Waals surface area contributed by atoms with Crippen molar-refractivity contribution >= 4 is 23.4 Å². The molecule has 1 aromatic rings. The number of nitrogens with zero attached hydrogens (tertiary/aromatic N) is 1. The normalized spacial score (nSPS) is 11.9. The summed E-state index contributed by atoms with van der Waals surface area (Å²) in [6.07, 6.45) is 1.93. The fourth-order valence-electron chi connectivity index (χ4n) is 1.65. The first kappa shape index (κ1) is 15.7. The average Bonchev–Trinajstić information content (AvgIpc) is 2.30. The molecule has 0 saturated carbocycles. The van der Waals surface area contributed by atoms with Gasteiger partial charge >= 0.3 is 0 Å². The Balaban J connectivity index is 2.75. The van der Waals surface area contributed by atoms with E-state index in [1.54, 1.807) is 12.1 Å². The zero-order chi connectivity index (χ0) is 14.4. The molecule has 0 unspecified atom stereocenters. The lowest BCUT2D eigenvalue weighted by molar-refractivity contribution is -0.384. The summed E-state index contributed by atoms with van der Waals surface area (Å²) in [5, 5.41) is 14.3. The van der Waals surface area contributed by atoms with Crippen LogP contribution in [-0.2, 0) is 0 Å². The maximum atomic E-state index is 10.8. The molecule has 1 N–H and O–H groups in total. The van der Waals surface area contributed by atoms with E-state index in [1.807, 2.05) is 13.0 Å². The van der Waals surface area contributed by atoms with Crippen LogP contribution >= 0.6 is 11.6 Å². The molecular formula is C14H19ClN2O2. The molecule has 0 radical (unpaired) electrons. The molecule has 0 heterocycles. The maximum absolute atomic E-state index is 10.8. The minimum atomic E-state index is -0.466. The molecular weight excluding hydrogens is 264 g/mol. The van der Waals surface area contributed by atoms with Crippen LogP contribution in [0, 0.1) is 16.0 Å². The molecule has 0 amide bonds. The first-order valence-electron chi connectivity index (χ1n) is 6.22. The number of hydrogen-bond donors (Lipinski definition) is 1. The van der Waals surface area contributed by atoms with E-state index < -0.39 is 4.92 Å². The topological polar surface area (TPSA) is 55.2 Å². The first-order valence-corrected chi connectivity index (χ1v) is 6.59. The largest absolute Gasteiger partial charge is 0.313 e. The lowest BCUT2D eigenvalue weighted by atomic mass is 10.1. The van der Waals surface area contributed by atoms with Crippen LogP contribution < -0.4 is 5.32 Å². The van der Waals surface area contributed by atoms with Crippen LogP contribution in [0.3, 0.4) is 0 Å². The summed E-state index contributed by atoms with van der Waals surface area (Å²) in [5.41, 5.74) is 1.86. The summed E-state index contributed by atoms with van der Waals surface area (Å²) in [6, 6.07) is 4.83. The van der Waals surface area contributed by atoms with Crippen molar-refractivity contribution in [3.8, 4) is 0 Å². The third-order valence-corrected chi connectivity index (χ3v) is 2.86. The number of hydrogen-bond acceptors (Lipinski definition) is 3. The van der Waals surface area contributed by atoms with Gasteiger partial charge in [-0.15, -0.1) is 0 Å². The highest BCUT2D eigenvalue weighted by Gasteiger charge is 2.11. The van der Waals surface area contributed by atoms with Gasteiger partial charge in [0.15, 0.2) is 0 Å². The molecule has 0 aliphatic heterocycles. The molecule has 4 nitrogen and oxygen atoms in total. The summed E-state index contributed by atoms with van der Waals surface area (Å²) in [6.45, 7) is 8.01. The predicted molar refractivity (Wildman–Crippen MR) is 79.5 cm³/mol. The van der Waals surface area contributed by atoms with E-state index in [1.165, 1.54) is 6.07 Å². The molecule has 0 fully saturated rings. The lowest BCUT2D eigenvalue weighted by Gasteiger charge is -2.07. The van der Waals surface area contributed by atoms with E-state index in [2.05, 4.69) is 19.2 Å². The number of rotatable bonds is 6. The minimum Gasteiger partial charge on any atom is -0.313 e. The standard InChI is InChI=1S/C14H19ClN2O2/c1-10(2)8-16-9-11(3)6-12-4-5-13(15)14(7-12)17(18)19/h4-7,10,16H,8-9H2,1-3H3. The van der Waals surface area contributed by atoms with E-state index in [-0.39, 0.29) is 10.7 Å². The van der Waals surface area contributed by atoms with Crippen molar-refractivity contribution < 1.29 is 4.92 Å². The highest BCUT2D eigenvalue weighted by molar-refractivity contribution is 6.32. The van der Waals surface area contributed by atoms with Crippen LogP contribution in [0.4, 0.5) is 5.69 Å². The van der Waals surface area contributed by atoms with Crippen LogP contribution in [0.5, 0.6) is 0 Å². The Labute approximate surface area is 118 Å². The van der Waals surface area contributed by atoms with Gasteiger partial charge in [-0.3, -0.25) is 10.1 Å². The average molecular weight is 283 g/mol. The van der Waals surface area contributed by atoms with Gasteiger partial charge in [0, 0.05) is 12.6 Å². The third-order valence-electron chi connectivity index (χ3n) is 2.54. The molecule has 0 aliphatic carbocycles.